The molecule has 0 aliphatic rings. The van der Waals surface area contributed by atoms with Crippen LogP contribution in [-0.4, -0.2) is 25.0 Å². The van der Waals surface area contributed by atoms with Crippen molar-refractivity contribution < 1.29 is 22.8 Å². The average molecular weight is 328 g/mol. The summed E-state index contributed by atoms with van der Waals surface area (Å²) in [5.41, 5.74) is 0.506. The van der Waals surface area contributed by atoms with E-state index in [-0.39, 0.29) is 11.6 Å². The Morgan fingerprint density at radius 3 is 2.27 bits per heavy atom. The molecular weight excluding hydrogens is 317 g/mol. The molecule has 0 spiro atoms. The maximum absolute atomic E-state index is 12.3. The summed E-state index contributed by atoms with van der Waals surface area (Å²) in [5.74, 6) is -2.26. The molecule has 0 bridgehead atoms. The Bertz CT molecular complexity index is 666. The topological polar surface area (TPSA) is 49.4 Å². The molecule has 0 aliphatic carbocycles. The number of thiophene rings is 1. The van der Waals surface area contributed by atoms with Crippen LogP contribution in [0.3, 0.4) is 0 Å². The Morgan fingerprint density at radius 1 is 1.14 bits per heavy atom. The van der Waals surface area contributed by atoms with Crippen LogP contribution in [0, 0.1) is 0 Å². The number of amides is 2. The number of alkyl halides is 3. The maximum atomic E-state index is 12.3. The predicted molar refractivity (Wildman–Crippen MR) is 78.2 cm³/mol. The van der Waals surface area contributed by atoms with E-state index in [1.54, 1.807) is 17.5 Å². The van der Waals surface area contributed by atoms with Crippen LogP contribution >= 0.6 is 11.3 Å². The van der Waals surface area contributed by atoms with Gasteiger partial charge in [0.2, 0.25) is 0 Å². The van der Waals surface area contributed by atoms with Crippen molar-refractivity contribution in [3.05, 3.63) is 46.7 Å². The molecule has 8 heteroatoms. The van der Waals surface area contributed by atoms with Gasteiger partial charge in [-0.3, -0.25) is 9.59 Å². The summed E-state index contributed by atoms with van der Waals surface area (Å²) in [7, 11) is 1.04. The molecule has 0 aliphatic heterocycles. The van der Waals surface area contributed by atoms with Crippen molar-refractivity contribution in [1.29, 1.82) is 0 Å². The lowest BCUT2D eigenvalue weighted by atomic mass is 10.2. The molecule has 1 aromatic carbocycles. The fraction of sp³-hybridized carbons (Fsp3) is 0.143. The molecular formula is C14H11F3N2O2S. The summed E-state index contributed by atoms with van der Waals surface area (Å²) in [6, 6.07) is 8.91. The first-order valence-corrected chi connectivity index (χ1v) is 6.97. The second-order valence-electron chi connectivity index (χ2n) is 4.34. The molecule has 4 nitrogen and oxygen atoms in total. The highest BCUT2D eigenvalue weighted by Crippen LogP contribution is 2.24. The van der Waals surface area contributed by atoms with Crippen molar-refractivity contribution in [2.24, 2.45) is 0 Å². The lowest BCUT2D eigenvalue weighted by molar-refractivity contribution is -0.170. The van der Waals surface area contributed by atoms with Gasteiger partial charge in [-0.25, -0.2) is 0 Å². The quantitative estimate of drug-likeness (QED) is 0.937. The number of halogens is 3. The zero-order chi connectivity index (χ0) is 16.3. The van der Waals surface area contributed by atoms with Gasteiger partial charge in [-0.1, -0.05) is 6.07 Å². The van der Waals surface area contributed by atoms with Crippen molar-refractivity contribution in [3.8, 4) is 0 Å². The lowest BCUT2D eigenvalue weighted by Gasteiger charge is -2.19. The van der Waals surface area contributed by atoms with Gasteiger partial charge in [0.25, 0.3) is 5.91 Å². The highest BCUT2D eigenvalue weighted by molar-refractivity contribution is 7.12. The van der Waals surface area contributed by atoms with Crippen molar-refractivity contribution in [2.75, 3.05) is 17.3 Å². The van der Waals surface area contributed by atoms with Gasteiger partial charge in [0.05, 0.1) is 4.88 Å². The van der Waals surface area contributed by atoms with E-state index in [0.29, 0.717) is 15.5 Å². The molecule has 0 atom stereocenters. The van der Waals surface area contributed by atoms with Gasteiger partial charge in [0.1, 0.15) is 0 Å². The number of hydrogen-bond acceptors (Lipinski definition) is 3. The summed E-state index contributed by atoms with van der Waals surface area (Å²) in [4.78, 5) is 24.0. The average Bonchev–Trinajstić information content (AvgIpc) is 3.00. The Kier molecular flexibility index (Phi) is 4.51. The number of anilines is 2. The number of nitrogens with zero attached hydrogens (tertiary/aromatic N) is 1. The minimum Gasteiger partial charge on any atom is -0.321 e. The zero-order valence-corrected chi connectivity index (χ0v) is 12.2. The smallest absolute Gasteiger partial charge is 0.321 e. The van der Waals surface area contributed by atoms with Crippen molar-refractivity contribution in [1.82, 2.24) is 0 Å². The molecule has 2 rings (SSSR count). The predicted octanol–water partition coefficient (Wildman–Crippen LogP) is 3.53. The van der Waals surface area contributed by atoms with E-state index in [0.717, 1.165) is 7.05 Å². The van der Waals surface area contributed by atoms with Crippen LogP contribution in [-0.2, 0) is 4.79 Å². The monoisotopic (exact) mass is 328 g/mol. The van der Waals surface area contributed by atoms with Crippen LogP contribution in [0.25, 0.3) is 0 Å². The molecule has 1 aromatic heterocycles. The third kappa shape index (κ3) is 3.64. The normalized spacial score (nSPS) is 11.1. The van der Waals surface area contributed by atoms with Crippen LogP contribution in [0.4, 0.5) is 24.5 Å². The molecule has 22 heavy (non-hydrogen) atoms. The summed E-state index contributed by atoms with van der Waals surface area (Å²) in [6.07, 6.45) is -4.93. The molecule has 1 heterocycles. The summed E-state index contributed by atoms with van der Waals surface area (Å²) in [5, 5.41) is 4.38. The third-order valence-electron chi connectivity index (χ3n) is 2.80. The Morgan fingerprint density at radius 2 is 1.77 bits per heavy atom. The van der Waals surface area contributed by atoms with E-state index in [2.05, 4.69) is 5.32 Å². The standard InChI is InChI=1S/C14H11F3N2O2S/c1-19(13(21)14(15,16)17)10-6-4-9(5-7-10)18-12(20)11-3-2-8-22-11/h2-8H,1H3,(H,18,20). The number of carbonyl (C=O) groups excluding carboxylic acids is 2. The molecule has 0 fully saturated rings. The van der Waals surface area contributed by atoms with E-state index < -0.39 is 12.1 Å². The SMILES string of the molecule is CN(C(=O)C(F)(F)F)c1ccc(NC(=O)c2cccs2)cc1. The van der Waals surface area contributed by atoms with Crippen LogP contribution in [0.2, 0.25) is 0 Å². The highest BCUT2D eigenvalue weighted by Gasteiger charge is 2.41. The van der Waals surface area contributed by atoms with Gasteiger partial charge in [-0.05, 0) is 35.7 Å². The van der Waals surface area contributed by atoms with Gasteiger partial charge in [0.15, 0.2) is 0 Å². The largest absolute Gasteiger partial charge is 0.471 e. The van der Waals surface area contributed by atoms with Crippen LogP contribution in [0.1, 0.15) is 9.67 Å². The Labute approximate surface area is 128 Å². The van der Waals surface area contributed by atoms with Gasteiger partial charge in [-0.15, -0.1) is 11.3 Å². The Hall–Kier alpha value is -2.35. The number of rotatable bonds is 3. The first-order valence-electron chi connectivity index (χ1n) is 6.09. The maximum Gasteiger partial charge on any atom is 0.471 e. The van der Waals surface area contributed by atoms with Crippen molar-refractivity contribution in [3.63, 3.8) is 0 Å². The van der Waals surface area contributed by atoms with Gasteiger partial charge < -0.3 is 10.2 Å². The van der Waals surface area contributed by atoms with Crippen molar-refractivity contribution in [2.45, 2.75) is 6.18 Å². The summed E-state index contributed by atoms with van der Waals surface area (Å²) in [6.45, 7) is 0. The minimum absolute atomic E-state index is 0.0800. The second-order valence-corrected chi connectivity index (χ2v) is 5.29. The molecule has 116 valence electrons. The first-order chi connectivity index (χ1) is 10.3. The zero-order valence-electron chi connectivity index (χ0n) is 11.3. The summed E-state index contributed by atoms with van der Waals surface area (Å²) >= 11 is 1.28. The number of hydrogen-bond donors (Lipinski definition) is 1. The van der Waals surface area contributed by atoms with Crippen LogP contribution in [0.5, 0.6) is 0 Å². The van der Waals surface area contributed by atoms with Gasteiger partial charge in [-0.2, -0.15) is 13.2 Å². The molecule has 0 saturated carbocycles. The van der Waals surface area contributed by atoms with E-state index in [4.69, 9.17) is 0 Å². The molecule has 0 saturated heterocycles. The third-order valence-corrected chi connectivity index (χ3v) is 3.67. The molecule has 0 radical (unpaired) electrons. The van der Waals surface area contributed by atoms with E-state index >= 15 is 0 Å². The van der Waals surface area contributed by atoms with Gasteiger partial charge >= 0.3 is 12.1 Å². The minimum atomic E-state index is -4.93. The Balaban J connectivity index is 2.07. The van der Waals surface area contributed by atoms with E-state index in [1.807, 2.05) is 0 Å². The molecule has 2 aromatic rings. The fourth-order valence-corrected chi connectivity index (χ4v) is 2.30. The van der Waals surface area contributed by atoms with Crippen LogP contribution < -0.4 is 10.2 Å². The van der Waals surface area contributed by atoms with Crippen molar-refractivity contribution >= 4 is 34.5 Å². The number of benzene rings is 1. The first kappa shape index (κ1) is 16.0. The van der Waals surface area contributed by atoms with E-state index in [1.165, 1.54) is 35.6 Å². The molecule has 0 unspecified atom stereocenters. The number of nitrogens with one attached hydrogen (secondary N) is 1. The second kappa shape index (κ2) is 6.18. The number of carbonyl (C=O) groups is 2. The highest BCUT2D eigenvalue weighted by atomic mass is 32.1. The summed E-state index contributed by atoms with van der Waals surface area (Å²) < 4.78 is 37.0. The van der Waals surface area contributed by atoms with Crippen LogP contribution in [0.15, 0.2) is 41.8 Å². The molecule has 2 amide bonds. The van der Waals surface area contributed by atoms with E-state index in [9.17, 15) is 22.8 Å². The molecule has 1 N–H and O–H groups in total. The van der Waals surface area contributed by atoms with Gasteiger partial charge in [0, 0.05) is 18.4 Å². The fourth-order valence-electron chi connectivity index (χ4n) is 1.68. The lowest BCUT2D eigenvalue weighted by Crippen LogP contribution is -2.38.